The van der Waals surface area contributed by atoms with Gasteiger partial charge in [-0.1, -0.05) is 85.4 Å². The maximum absolute atomic E-state index is 14.5. The maximum Gasteiger partial charge on any atom is 0.346 e. The van der Waals surface area contributed by atoms with Crippen molar-refractivity contribution in [3.63, 3.8) is 0 Å². The van der Waals surface area contributed by atoms with Crippen LogP contribution in [0.1, 0.15) is 78.1 Å². The van der Waals surface area contributed by atoms with Gasteiger partial charge in [0.15, 0.2) is 0 Å². The van der Waals surface area contributed by atoms with Crippen LogP contribution >= 0.6 is 0 Å². The number of imide groups is 2. The molecule has 4 aliphatic heterocycles. The molecule has 0 saturated heterocycles. The van der Waals surface area contributed by atoms with Crippen molar-refractivity contribution < 1.29 is 43.0 Å². The van der Waals surface area contributed by atoms with Gasteiger partial charge in [0.2, 0.25) is 0 Å². The molecular formula is C49H22N2O9. The number of esters is 3. The molecule has 0 spiro atoms. The number of rotatable bonds is 4. The summed E-state index contributed by atoms with van der Waals surface area (Å²) in [7, 11) is 0. The topological polar surface area (TPSA) is 144 Å². The average molecular weight is 783 g/mol. The SMILES string of the molecule is C=C1OC(=O)c2c1cccc2-c1ccc2c(c1)C(=O)N(c1ccc3ccc4c(N5C(=O)c6cccc(-c7ccc8c(c7)C(=O)OC8=O)c6C5=O)ccc5ccc1c3c54)C2=O. The van der Waals surface area contributed by atoms with Gasteiger partial charge in [-0.05, 0) is 86.3 Å². The van der Waals surface area contributed by atoms with Gasteiger partial charge in [0.05, 0.1) is 50.3 Å². The zero-order chi connectivity index (χ0) is 40.9. The minimum absolute atomic E-state index is 0.0797. The normalized spacial score (nSPS) is 15.5. The third-order valence-electron chi connectivity index (χ3n) is 12.0. The second kappa shape index (κ2) is 11.5. The monoisotopic (exact) mass is 782 g/mol. The van der Waals surface area contributed by atoms with Gasteiger partial charge < -0.3 is 9.47 Å². The van der Waals surface area contributed by atoms with Crippen LogP contribution in [0, 0.1) is 0 Å². The van der Waals surface area contributed by atoms with Crippen LogP contribution in [0.4, 0.5) is 11.4 Å². The van der Waals surface area contributed by atoms with Crippen molar-refractivity contribution >= 4 is 91.0 Å². The minimum Gasteiger partial charge on any atom is -0.423 e. The number of carbonyl (C=O) groups excluding carboxylic acids is 7. The van der Waals surface area contributed by atoms with Gasteiger partial charge in [0.1, 0.15) is 5.76 Å². The van der Waals surface area contributed by atoms with E-state index in [1.54, 1.807) is 72.8 Å². The highest BCUT2D eigenvalue weighted by Gasteiger charge is 2.41. The number of carbonyl (C=O) groups is 7. The third kappa shape index (κ3) is 4.24. The molecule has 12 rings (SSSR count). The fourth-order valence-corrected chi connectivity index (χ4v) is 9.25. The first-order valence-corrected chi connectivity index (χ1v) is 18.8. The van der Waals surface area contributed by atoms with Crippen LogP contribution < -0.4 is 9.80 Å². The molecule has 8 aromatic carbocycles. The Bertz CT molecular complexity index is 3510. The largest absolute Gasteiger partial charge is 0.423 e. The summed E-state index contributed by atoms with van der Waals surface area (Å²) < 4.78 is 10.0. The van der Waals surface area contributed by atoms with Gasteiger partial charge >= 0.3 is 17.9 Å². The van der Waals surface area contributed by atoms with Crippen molar-refractivity contribution in [1.82, 2.24) is 0 Å². The quantitative estimate of drug-likeness (QED) is 0.0739. The zero-order valence-electron chi connectivity index (χ0n) is 30.8. The Morgan fingerprint density at radius 3 is 1.55 bits per heavy atom. The van der Waals surface area contributed by atoms with E-state index < -0.39 is 41.5 Å². The number of nitrogens with zero attached hydrogens (tertiary/aromatic N) is 2. The van der Waals surface area contributed by atoms with Crippen LogP contribution in [0.15, 0.2) is 128 Å². The number of anilines is 2. The summed E-state index contributed by atoms with van der Waals surface area (Å²) >= 11 is 0. The zero-order valence-corrected chi connectivity index (χ0v) is 30.8. The Balaban J connectivity index is 0.957. The lowest BCUT2D eigenvalue weighted by Gasteiger charge is -2.22. The van der Waals surface area contributed by atoms with Gasteiger partial charge in [0, 0.05) is 16.3 Å². The summed E-state index contributed by atoms with van der Waals surface area (Å²) in [6.45, 7) is 3.82. The summed E-state index contributed by atoms with van der Waals surface area (Å²) in [6.07, 6.45) is 0. The van der Waals surface area contributed by atoms with Gasteiger partial charge in [0.25, 0.3) is 23.6 Å². The lowest BCUT2D eigenvalue weighted by atomic mass is 9.92. The van der Waals surface area contributed by atoms with E-state index in [4.69, 9.17) is 9.47 Å². The number of fused-ring (bicyclic) bond motifs is 4. The van der Waals surface area contributed by atoms with E-state index in [2.05, 4.69) is 6.58 Å². The molecular weight excluding hydrogens is 761 g/mol. The predicted octanol–water partition coefficient (Wildman–Crippen LogP) is 8.97. The standard InChI is InChI=1S/C49H22N2O9/c1-22-27-4-2-6-29(42(27)49(58)59-22)25-10-14-30-35(20-25)45(54)50(43(30)52)37-18-12-23-9-17-33-38(19-13-24-8-16-32(37)39(23)40(24)33)51-44(53)34-7-3-5-28(41(34)46(51)55)26-11-15-31-36(21-26)48(57)60-47(31)56/h2-21H,1H2. The molecule has 0 bridgehead atoms. The lowest BCUT2D eigenvalue weighted by molar-refractivity contribution is 0.0442. The van der Waals surface area contributed by atoms with E-state index in [1.165, 1.54) is 12.1 Å². The second-order valence-corrected chi connectivity index (χ2v) is 14.9. The average Bonchev–Trinajstić information content (AvgIpc) is 3.91. The molecule has 4 amide bonds. The van der Waals surface area contributed by atoms with Crippen molar-refractivity contribution in [3.8, 4) is 22.3 Å². The highest BCUT2D eigenvalue weighted by molar-refractivity contribution is 6.41. The van der Waals surface area contributed by atoms with Crippen molar-refractivity contribution in [1.29, 1.82) is 0 Å². The smallest absolute Gasteiger partial charge is 0.346 e. The number of hydrogen-bond donors (Lipinski definition) is 0. The van der Waals surface area contributed by atoms with Gasteiger partial charge in [-0.25, -0.2) is 24.2 Å². The highest BCUT2D eigenvalue weighted by atomic mass is 16.6. The predicted molar refractivity (Wildman–Crippen MR) is 220 cm³/mol. The summed E-state index contributed by atoms with van der Waals surface area (Å²) in [4.78, 5) is 96.7. The molecule has 0 aliphatic carbocycles. The Hall–Kier alpha value is -8.57. The van der Waals surface area contributed by atoms with E-state index in [0.717, 1.165) is 31.3 Å². The number of hydrogen-bond acceptors (Lipinski definition) is 9. The number of amides is 4. The molecule has 60 heavy (non-hydrogen) atoms. The van der Waals surface area contributed by atoms with Crippen LogP contribution in [-0.2, 0) is 9.47 Å². The lowest BCUT2D eigenvalue weighted by Crippen LogP contribution is -2.30. The molecule has 0 aromatic heterocycles. The first-order valence-electron chi connectivity index (χ1n) is 18.8. The fourth-order valence-electron chi connectivity index (χ4n) is 9.25. The van der Waals surface area contributed by atoms with Crippen molar-refractivity contribution in [2.45, 2.75) is 0 Å². The first-order chi connectivity index (χ1) is 29.1. The second-order valence-electron chi connectivity index (χ2n) is 14.9. The molecule has 4 heterocycles. The first kappa shape index (κ1) is 33.6. The van der Waals surface area contributed by atoms with E-state index in [-0.39, 0.29) is 39.1 Å². The van der Waals surface area contributed by atoms with E-state index in [9.17, 15) is 33.6 Å². The fraction of sp³-hybridized carbons (Fsp3) is 0. The number of benzene rings is 8. The maximum atomic E-state index is 14.5. The van der Waals surface area contributed by atoms with Crippen molar-refractivity contribution in [3.05, 3.63) is 172 Å². The number of cyclic esters (lactones) is 3. The van der Waals surface area contributed by atoms with Crippen LogP contribution in [0.2, 0.25) is 0 Å². The van der Waals surface area contributed by atoms with E-state index in [1.807, 2.05) is 36.4 Å². The minimum atomic E-state index is -0.783. The molecule has 0 saturated carbocycles. The highest BCUT2D eigenvalue weighted by Crippen LogP contribution is 2.46. The number of ether oxygens (including phenoxy) is 2. The Kier molecular flexibility index (Phi) is 6.44. The molecule has 8 aromatic rings. The summed E-state index contributed by atoms with van der Waals surface area (Å²) in [5.41, 5.74) is 4.56. The Labute approximate surface area is 337 Å². The van der Waals surface area contributed by atoms with Crippen LogP contribution in [0.25, 0.3) is 60.3 Å². The summed E-state index contributed by atoms with van der Waals surface area (Å²) in [5.74, 6) is -3.94. The molecule has 0 atom stereocenters. The van der Waals surface area contributed by atoms with Crippen molar-refractivity contribution in [2.75, 3.05) is 9.80 Å². The Morgan fingerprint density at radius 1 is 0.383 bits per heavy atom. The summed E-state index contributed by atoms with van der Waals surface area (Å²) in [5, 5.41) is 4.29. The molecule has 4 aliphatic rings. The third-order valence-corrected chi connectivity index (χ3v) is 12.0. The molecule has 0 radical (unpaired) electrons. The van der Waals surface area contributed by atoms with Crippen LogP contribution in [0.3, 0.4) is 0 Å². The molecule has 0 fully saturated rings. The van der Waals surface area contributed by atoms with Crippen molar-refractivity contribution in [2.24, 2.45) is 0 Å². The Morgan fingerprint density at radius 2 is 0.883 bits per heavy atom. The summed E-state index contributed by atoms with van der Waals surface area (Å²) in [6, 6.07) is 34.2. The molecule has 11 nitrogen and oxygen atoms in total. The van der Waals surface area contributed by atoms with Crippen LogP contribution in [0.5, 0.6) is 0 Å². The molecule has 0 N–H and O–H groups in total. The molecule has 0 unspecified atom stereocenters. The molecule has 11 heteroatoms. The van der Waals surface area contributed by atoms with Crippen LogP contribution in [-0.4, -0.2) is 41.5 Å². The van der Waals surface area contributed by atoms with Gasteiger partial charge in [-0.2, -0.15) is 0 Å². The van der Waals surface area contributed by atoms with E-state index >= 15 is 0 Å². The van der Waals surface area contributed by atoms with Gasteiger partial charge in [-0.15, -0.1) is 0 Å². The molecule has 282 valence electrons. The van der Waals surface area contributed by atoms with Gasteiger partial charge in [-0.3, -0.25) is 19.2 Å². The van der Waals surface area contributed by atoms with E-state index in [0.29, 0.717) is 55.5 Å².